The third kappa shape index (κ3) is 1.85. The van der Waals surface area contributed by atoms with Gasteiger partial charge in [-0.2, -0.15) is 0 Å². The van der Waals surface area contributed by atoms with Crippen LogP contribution in [0.5, 0.6) is 0 Å². The molecule has 0 saturated carbocycles. The number of hydrogen-bond donors (Lipinski definition) is 0. The average Bonchev–Trinajstić information content (AvgIpc) is 2.28. The number of nitrogens with zero attached hydrogens (tertiary/aromatic N) is 1. The highest BCUT2D eigenvalue weighted by Gasteiger charge is 2.38. The standard InChI is InChI=1S/C11H11Cl2NO2/c1-16-11(15)10-8(12)6-7-4-2-3-5-9(7)14(10)13/h2-5,8,10H,6H2,1H3. The number of hydrogen-bond acceptors (Lipinski definition) is 3. The van der Waals surface area contributed by atoms with Gasteiger partial charge in [-0.15, -0.1) is 11.6 Å². The van der Waals surface area contributed by atoms with Gasteiger partial charge in [0.1, 0.15) is 0 Å². The molecule has 0 saturated heterocycles. The lowest BCUT2D eigenvalue weighted by atomic mass is 9.97. The molecule has 0 N–H and O–H groups in total. The molecule has 16 heavy (non-hydrogen) atoms. The van der Waals surface area contributed by atoms with Crippen molar-refractivity contribution in [3.8, 4) is 0 Å². The molecule has 2 atom stereocenters. The third-order valence-electron chi connectivity index (χ3n) is 2.67. The van der Waals surface area contributed by atoms with Gasteiger partial charge in [0.15, 0.2) is 6.04 Å². The molecule has 2 unspecified atom stereocenters. The minimum absolute atomic E-state index is 0.375. The van der Waals surface area contributed by atoms with E-state index in [1.807, 2.05) is 24.3 Å². The van der Waals surface area contributed by atoms with Crippen molar-refractivity contribution in [1.29, 1.82) is 0 Å². The van der Waals surface area contributed by atoms with E-state index in [1.54, 1.807) is 0 Å². The lowest BCUT2D eigenvalue weighted by molar-refractivity contribution is -0.142. The van der Waals surface area contributed by atoms with Gasteiger partial charge >= 0.3 is 5.97 Å². The predicted octanol–water partition coefficient (Wildman–Crippen LogP) is 2.35. The number of para-hydroxylation sites is 1. The van der Waals surface area contributed by atoms with Crippen molar-refractivity contribution in [2.75, 3.05) is 11.5 Å². The number of carbonyl (C=O) groups is 1. The second-order valence-electron chi connectivity index (χ2n) is 3.63. The van der Waals surface area contributed by atoms with Crippen molar-refractivity contribution >= 4 is 35.0 Å². The van der Waals surface area contributed by atoms with Gasteiger partial charge in [-0.05, 0) is 18.1 Å². The molecule has 2 rings (SSSR count). The summed E-state index contributed by atoms with van der Waals surface area (Å²) in [4.78, 5) is 11.6. The van der Waals surface area contributed by atoms with Crippen LogP contribution in [0.25, 0.3) is 0 Å². The summed E-state index contributed by atoms with van der Waals surface area (Å²) in [7, 11) is 1.33. The maximum atomic E-state index is 11.6. The summed E-state index contributed by atoms with van der Waals surface area (Å²) in [5.74, 6) is -0.412. The first-order valence-corrected chi connectivity index (χ1v) is 5.67. The average molecular weight is 260 g/mol. The quantitative estimate of drug-likeness (QED) is 0.441. The maximum Gasteiger partial charge on any atom is 0.331 e. The Bertz CT molecular complexity index is 411. The van der Waals surface area contributed by atoms with Crippen molar-refractivity contribution in [2.45, 2.75) is 17.8 Å². The molecule has 0 aromatic heterocycles. The van der Waals surface area contributed by atoms with E-state index in [9.17, 15) is 4.79 Å². The fourth-order valence-corrected chi connectivity index (χ4v) is 2.69. The van der Waals surface area contributed by atoms with Gasteiger partial charge in [0.05, 0.1) is 18.2 Å². The highest BCUT2D eigenvalue weighted by Crippen LogP contribution is 2.34. The number of halogens is 2. The summed E-state index contributed by atoms with van der Waals surface area (Å²) in [6, 6.07) is 6.97. The lowest BCUT2D eigenvalue weighted by Crippen LogP contribution is -2.47. The molecule has 3 nitrogen and oxygen atoms in total. The highest BCUT2D eigenvalue weighted by atomic mass is 35.5. The van der Waals surface area contributed by atoms with Crippen LogP contribution in [0.3, 0.4) is 0 Å². The van der Waals surface area contributed by atoms with E-state index in [0.717, 1.165) is 11.3 Å². The predicted molar refractivity (Wildman–Crippen MR) is 63.9 cm³/mol. The Kier molecular flexibility index (Phi) is 3.26. The SMILES string of the molecule is COC(=O)C1C(Cl)Cc2ccccc2N1Cl. The zero-order valence-electron chi connectivity index (χ0n) is 8.69. The minimum atomic E-state index is -0.636. The number of rotatable bonds is 1. The van der Waals surface area contributed by atoms with Crippen molar-refractivity contribution in [2.24, 2.45) is 0 Å². The minimum Gasteiger partial charge on any atom is -0.467 e. The normalized spacial score (nSPS) is 23.8. The number of alkyl halides is 1. The molecule has 1 aliphatic heterocycles. The number of ether oxygens (including phenoxy) is 1. The van der Waals surface area contributed by atoms with Gasteiger partial charge in [-0.1, -0.05) is 18.2 Å². The molecule has 0 radical (unpaired) electrons. The van der Waals surface area contributed by atoms with E-state index < -0.39 is 12.0 Å². The van der Waals surface area contributed by atoms with Gasteiger partial charge < -0.3 is 4.74 Å². The van der Waals surface area contributed by atoms with E-state index in [0.29, 0.717) is 6.42 Å². The zero-order valence-corrected chi connectivity index (χ0v) is 10.2. The second-order valence-corrected chi connectivity index (χ2v) is 4.55. The number of methoxy groups -OCH3 is 1. The Labute approximate surface area is 104 Å². The van der Waals surface area contributed by atoms with Crippen molar-refractivity contribution in [1.82, 2.24) is 0 Å². The van der Waals surface area contributed by atoms with E-state index in [-0.39, 0.29) is 5.38 Å². The Hall–Kier alpha value is -0.930. The number of fused-ring (bicyclic) bond motifs is 1. The van der Waals surface area contributed by atoms with Crippen LogP contribution in [0, 0.1) is 0 Å². The molecule has 5 heteroatoms. The monoisotopic (exact) mass is 259 g/mol. The van der Waals surface area contributed by atoms with Crippen LogP contribution in [0.15, 0.2) is 24.3 Å². The van der Waals surface area contributed by atoms with E-state index in [2.05, 4.69) is 0 Å². The van der Waals surface area contributed by atoms with E-state index >= 15 is 0 Å². The molecular formula is C11H11Cl2NO2. The van der Waals surface area contributed by atoms with Crippen LogP contribution < -0.4 is 4.42 Å². The molecule has 0 bridgehead atoms. The fraction of sp³-hybridized carbons (Fsp3) is 0.364. The largest absolute Gasteiger partial charge is 0.467 e. The van der Waals surface area contributed by atoms with Gasteiger partial charge in [0.25, 0.3) is 0 Å². The molecule has 0 spiro atoms. The van der Waals surface area contributed by atoms with Crippen LogP contribution in [-0.4, -0.2) is 24.5 Å². The van der Waals surface area contributed by atoms with E-state index in [1.165, 1.54) is 11.5 Å². The van der Waals surface area contributed by atoms with Crippen LogP contribution in [0.4, 0.5) is 5.69 Å². The zero-order chi connectivity index (χ0) is 11.7. The van der Waals surface area contributed by atoms with Gasteiger partial charge in [-0.25, -0.2) is 4.79 Å². The molecular weight excluding hydrogens is 249 g/mol. The summed E-state index contributed by atoms with van der Waals surface area (Å²) in [5, 5.41) is -0.375. The number of benzene rings is 1. The Morgan fingerprint density at radius 3 is 2.88 bits per heavy atom. The van der Waals surface area contributed by atoms with Gasteiger partial charge in [0.2, 0.25) is 0 Å². The van der Waals surface area contributed by atoms with E-state index in [4.69, 9.17) is 28.1 Å². The Morgan fingerprint density at radius 1 is 1.50 bits per heavy atom. The molecule has 1 aliphatic rings. The summed E-state index contributed by atoms with van der Waals surface area (Å²) in [6.45, 7) is 0. The highest BCUT2D eigenvalue weighted by molar-refractivity contribution is 6.31. The molecule has 0 fully saturated rings. The third-order valence-corrected chi connectivity index (χ3v) is 3.45. The van der Waals surface area contributed by atoms with Crippen LogP contribution in [0.1, 0.15) is 5.56 Å². The first-order valence-electron chi connectivity index (χ1n) is 4.90. The second kappa shape index (κ2) is 4.52. The lowest BCUT2D eigenvalue weighted by Gasteiger charge is -2.34. The molecule has 1 aromatic carbocycles. The van der Waals surface area contributed by atoms with Gasteiger partial charge in [-0.3, -0.25) is 4.42 Å². The number of esters is 1. The van der Waals surface area contributed by atoms with Crippen LogP contribution in [0.2, 0.25) is 0 Å². The number of anilines is 1. The van der Waals surface area contributed by atoms with Crippen LogP contribution >= 0.6 is 23.4 Å². The Morgan fingerprint density at radius 2 is 2.19 bits per heavy atom. The first-order chi connectivity index (χ1) is 7.65. The molecule has 0 aliphatic carbocycles. The van der Waals surface area contributed by atoms with Crippen molar-refractivity contribution in [3.63, 3.8) is 0 Å². The first kappa shape index (κ1) is 11.6. The van der Waals surface area contributed by atoms with Crippen molar-refractivity contribution in [3.05, 3.63) is 29.8 Å². The summed E-state index contributed by atoms with van der Waals surface area (Å²) in [6.07, 6.45) is 0.612. The maximum absolute atomic E-state index is 11.6. The molecule has 1 heterocycles. The smallest absolute Gasteiger partial charge is 0.331 e. The summed E-state index contributed by atoms with van der Waals surface area (Å²) >= 11 is 12.3. The summed E-state index contributed by atoms with van der Waals surface area (Å²) in [5.41, 5.74) is 1.86. The molecule has 86 valence electrons. The number of carbonyl (C=O) groups excluding carboxylic acids is 1. The van der Waals surface area contributed by atoms with Crippen molar-refractivity contribution < 1.29 is 9.53 Å². The van der Waals surface area contributed by atoms with Gasteiger partial charge in [0, 0.05) is 11.8 Å². The summed E-state index contributed by atoms with van der Waals surface area (Å²) < 4.78 is 6.06. The molecule has 0 amide bonds. The van der Waals surface area contributed by atoms with Crippen LogP contribution in [-0.2, 0) is 16.0 Å². The topological polar surface area (TPSA) is 29.5 Å². The Balaban J connectivity index is 2.37. The molecule has 1 aromatic rings. The fourth-order valence-electron chi connectivity index (χ4n) is 1.87.